The summed E-state index contributed by atoms with van der Waals surface area (Å²) in [5.74, 6) is -1.21. The molecule has 1 amide bonds. The van der Waals surface area contributed by atoms with Gasteiger partial charge in [-0.15, -0.1) is 0 Å². The number of carbonyl (C=O) groups excluding carboxylic acids is 2. The molecule has 0 aliphatic carbocycles. The maximum Gasteiger partial charge on any atom is 0.416 e. The van der Waals surface area contributed by atoms with Crippen LogP contribution in [0.1, 0.15) is 23.0 Å². The summed E-state index contributed by atoms with van der Waals surface area (Å²) in [4.78, 5) is 31.3. The molecule has 24 heavy (non-hydrogen) atoms. The maximum atomic E-state index is 13.9. The second-order valence-corrected chi connectivity index (χ2v) is 4.95. The van der Waals surface area contributed by atoms with E-state index in [1.165, 1.54) is 36.7 Å². The van der Waals surface area contributed by atoms with Crippen LogP contribution in [0.3, 0.4) is 0 Å². The van der Waals surface area contributed by atoms with Gasteiger partial charge >= 0.3 is 6.09 Å². The van der Waals surface area contributed by atoms with Crippen molar-refractivity contribution in [2.75, 3.05) is 5.32 Å². The van der Waals surface area contributed by atoms with Gasteiger partial charge in [0.1, 0.15) is 5.82 Å². The number of carbonyl (C=O) groups is 2. The zero-order chi connectivity index (χ0) is 17.5. The summed E-state index contributed by atoms with van der Waals surface area (Å²) in [5.41, 5.74) is 0.425. The molecule has 6 nitrogen and oxygen atoms in total. The van der Waals surface area contributed by atoms with Gasteiger partial charge in [-0.05, 0) is 42.8 Å². The van der Waals surface area contributed by atoms with Crippen LogP contribution in [0.15, 0.2) is 42.8 Å². The van der Waals surface area contributed by atoms with Gasteiger partial charge in [0.25, 0.3) is 0 Å². The fourth-order valence-corrected chi connectivity index (χ4v) is 1.99. The van der Waals surface area contributed by atoms with Crippen LogP contribution in [-0.2, 0) is 11.2 Å². The lowest BCUT2D eigenvalue weighted by Crippen LogP contribution is -2.13. The molecule has 0 saturated heterocycles. The lowest BCUT2D eigenvalue weighted by Gasteiger charge is -2.07. The van der Waals surface area contributed by atoms with Gasteiger partial charge < -0.3 is 4.74 Å². The van der Waals surface area contributed by atoms with Crippen molar-refractivity contribution in [1.82, 2.24) is 9.97 Å². The van der Waals surface area contributed by atoms with E-state index in [9.17, 15) is 14.0 Å². The van der Waals surface area contributed by atoms with Crippen LogP contribution in [0.25, 0.3) is 0 Å². The van der Waals surface area contributed by atoms with Gasteiger partial charge in [-0.1, -0.05) is 6.08 Å². The molecule has 0 unspecified atom stereocenters. The van der Waals surface area contributed by atoms with E-state index in [0.29, 0.717) is 5.69 Å². The Morgan fingerprint density at radius 3 is 2.88 bits per heavy atom. The normalized spacial score (nSPS) is 10.6. The van der Waals surface area contributed by atoms with Crippen molar-refractivity contribution in [2.45, 2.75) is 13.3 Å². The third-order valence-electron chi connectivity index (χ3n) is 2.85. The van der Waals surface area contributed by atoms with Crippen LogP contribution >= 0.6 is 11.6 Å². The zero-order valence-electron chi connectivity index (χ0n) is 12.6. The molecule has 0 fully saturated rings. The Morgan fingerprint density at radius 2 is 2.17 bits per heavy atom. The van der Waals surface area contributed by atoms with Crippen LogP contribution in [0, 0.1) is 5.82 Å². The van der Waals surface area contributed by atoms with Crippen LogP contribution in [0.5, 0.6) is 0 Å². The predicted molar refractivity (Wildman–Crippen MR) is 86.4 cm³/mol. The standard InChI is InChI=1S/C16H13ClFN3O3/c1-2-7-24-16(23)21-10-3-4-13(18)12(8-10)14(22)9-11-5-6-19-15(17)20-11/h2-8H,9H2,1H3,(H,21,23). The molecule has 0 aliphatic heterocycles. The minimum absolute atomic E-state index is 0.00270. The Bertz CT molecular complexity index is 796. The number of halogens is 2. The van der Waals surface area contributed by atoms with Crippen molar-refractivity contribution >= 4 is 29.2 Å². The monoisotopic (exact) mass is 349 g/mol. The van der Waals surface area contributed by atoms with E-state index in [1.54, 1.807) is 6.92 Å². The predicted octanol–water partition coefficient (Wildman–Crippen LogP) is 3.78. The molecule has 2 aromatic rings. The number of aromatic nitrogens is 2. The van der Waals surface area contributed by atoms with Gasteiger partial charge in [0.2, 0.25) is 5.28 Å². The van der Waals surface area contributed by atoms with E-state index >= 15 is 0 Å². The number of anilines is 1. The number of rotatable bonds is 5. The van der Waals surface area contributed by atoms with Gasteiger partial charge in [-0.2, -0.15) is 0 Å². The van der Waals surface area contributed by atoms with E-state index in [4.69, 9.17) is 16.3 Å². The number of nitrogens with zero attached hydrogens (tertiary/aromatic N) is 2. The van der Waals surface area contributed by atoms with Crippen molar-refractivity contribution in [3.63, 3.8) is 0 Å². The van der Waals surface area contributed by atoms with E-state index in [1.807, 2.05) is 0 Å². The summed E-state index contributed by atoms with van der Waals surface area (Å²) in [6.45, 7) is 1.68. The SMILES string of the molecule is CC=COC(=O)Nc1ccc(F)c(C(=O)Cc2ccnc(Cl)n2)c1. The van der Waals surface area contributed by atoms with Gasteiger partial charge in [-0.25, -0.2) is 19.2 Å². The van der Waals surface area contributed by atoms with Crippen molar-refractivity contribution < 1.29 is 18.7 Å². The Morgan fingerprint density at radius 1 is 1.38 bits per heavy atom. The molecule has 1 aromatic heterocycles. The van der Waals surface area contributed by atoms with Crippen LogP contribution in [0.4, 0.5) is 14.9 Å². The van der Waals surface area contributed by atoms with Crippen LogP contribution < -0.4 is 5.32 Å². The number of amides is 1. The van der Waals surface area contributed by atoms with Crippen molar-refractivity contribution in [3.8, 4) is 0 Å². The molecule has 1 aromatic carbocycles. The second-order valence-electron chi connectivity index (χ2n) is 4.61. The van der Waals surface area contributed by atoms with E-state index < -0.39 is 17.7 Å². The molecule has 0 radical (unpaired) electrons. The Labute approximate surface area is 142 Å². The summed E-state index contributed by atoms with van der Waals surface area (Å²) < 4.78 is 18.6. The topological polar surface area (TPSA) is 81.2 Å². The smallest absolute Gasteiger partial charge is 0.416 e. The number of hydrogen-bond acceptors (Lipinski definition) is 5. The minimum atomic E-state index is -0.749. The number of Topliss-reactive ketones (excluding diaryl/α,β-unsaturated/α-hetero) is 1. The maximum absolute atomic E-state index is 13.9. The molecule has 2 rings (SSSR count). The first-order chi connectivity index (χ1) is 11.5. The Hall–Kier alpha value is -2.80. The first-order valence-corrected chi connectivity index (χ1v) is 7.26. The highest BCUT2D eigenvalue weighted by Crippen LogP contribution is 2.17. The average Bonchev–Trinajstić information content (AvgIpc) is 2.54. The van der Waals surface area contributed by atoms with E-state index in [-0.39, 0.29) is 23.0 Å². The minimum Gasteiger partial charge on any atom is -0.418 e. The van der Waals surface area contributed by atoms with Gasteiger partial charge in [0.15, 0.2) is 5.78 Å². The Kier molecular flexibility index (Phi) is 5.97. The number of nitrogens with one attached hydrogen (secondary N) is 1. The fraction of sp³-hybridized carbons (Fsp3) is 0.125. The summed E-state index contributed by atoms with van der Waals surface area (Å²) >= 11 is 5.66. The van der Waals surface area contributed by atoms with Crippen molar-refractivity contribution in [2.24, 2.45) is 0 Å². The first kappa shape index (κ1) is 17.6. The third kappa shape index (κ3) is 4.85. The molecular formula is C16H13ClFN3O3. The number of allylic oxidation sites excluding steroid dienone is 1. The number of ketones is 1. The van der Waals surface area contributed by atoms with E-state index in [0.717, 1.165) is 6.07 Å². The largest absolute Gasteiger partial charge is 0.418 e. The highest BCUT2D eigenvalue weighted by atomic mass is 35.5. The van der Waals surface area contributed by atoms with Gasteiger partial charge in [-0.3, -0.25) is 10.1 Å². The van der Waals surface area contributed by atoms with Gasteiger partial charge in [0, 0.05) is 11.9 Å². The number of ether oxygens (including phenoxy) is 1. The number of hydrogen-bond donors (Lipinski definition) is 1. The molecule has 1 N–H and O–H groups in total. The Balaban J connectivity index is 2.15. The van der Waals surface area contributed by atoms with E-state index in [2.05, 4.69) is 15.3 Å². The molecule has 0 saturated carbocycles. The molecule has 8 heteroatoms. The van der Waals surface area contributed by atoms with Crippen molar-refractivity contribution in [1.29, 1.82) is 0 Å². The lowest BCUT2D eigenvalue weighted by molar-refractivity contribution is 0.0988. The highest BCUT2D eigenvalue weighted by Gasteiger charge is 2.15. The summed E-state index contributed by atoms with van der Waals surface area (Å²) in [6.07, 6.45) is 3.24. The average molecular weight is 350 g/mol. The molecule has 0 atom stereocenters. The molecule has 0 aliphatic rings. The third-order valence-corrected chi connectivity index (χ3v) is 3.03. The number of benzene rings is 1. The molecule has 1 heterocycles. The summed E-state index contributed by atoms with van der Waals surface area (Å²) in [5, 5.41) is 2.40. The quantitative estimate of drug-likeness (QED) is 0.504. The zero-order valence-corrected chi connectivity index (χ0v) is 13.4. The highest BCUT2D eigenvalue weighted by molar-refractivity contribution is 6.28. The van der Waals surface area contributed by atoms with Crippen LogP contribution in [0.2, 0.25) is 5.28 Å². The summed E-state index contributed by atoms with van der Waals surface area (Å²) in [7, 11) is 0. The van der Waals surface area contributed by atoms with Crippen LogP contribution in [-0.4, -0.2) is 21.8 Å². The molecular weight excluding hydrogens is 337 g/mol. The lowest BCUT2D eigenvalue weighted by atomic mass is 10.1. The molecule has 0 bridgehead atoms. The first-order valence-electron chi connectivity index (χ1n) is 6.88. The second kappa shape index (κ2) is 8.16. The fourth-order valence-electron chi connectivity index (χ4n) is 1.82. The van der Waals surface area contributed by atoms with Gasteiger partial charge in [0.05, 0.1) is 23.9 Å². The molecule has 124 valence electrons. The van der Waals surface area contributed by atoms with Crippen molar-refractivity contribution in [3.05, 3.63) is 65.2 Å². The molecule has 0 spiro atoms. The summed E-state index contributed by atoms with van der Waals surface area (Å²) in [6, 6.07) is 5.16.